The number of benzene rings is 4. The van der Waals surface area contributed by atoms with Crippen LogP contribution in [0.5, 0.6) is 23.1 Å². The van der Waals surface area contributed by atoms with Crippen molar-refractivity contribution in [2.75, 3.05) is 26.2 Å². The van der Waals surface area contributed by atoms with Gasteiger partial charge in [0.1, 0.15) is 36.3 Å². The molecule has 1 aliphatic heterocycles. The van der Waals surface area contributed by atoms with Crippen molar-refractivity contribution in [3.63, 3.8) is 0 Å². The van der Waals surface area contributed by atoms with Crippen LogP contribution < -0.4 is 14.2 Å². The summed E-state index contributed by atoms with van der Waals surface area (Å²) in [7, 11) is 0. The van der Waals surface area contributed by atoms with Crippen molar-refractivity contribution in [3.05, 3.63) is 153 Å². The van der Waals surface area contributed by atoms with Gasteiger partial charge < -0.3 is 19.1 Å². The Kier molecular flexibility index (Phi) is 11.8. The van der Waals surface area contributed by atoms with Gasteiger partial charge in [-0.25, -0.2) is 13.8 Å². The lowest BCUT2D eigenvalue weighted by atomic mass is 10.1. The van der Waals surface area contributed by atoms with Crippen LogP contribution in [-0.4, -0.2) is 46.9 Å². The first-order valence-electron chi connectivity index (χ1n) is 16.4. The van der Waals surface area contributed by atoms with E-state index in [1.54, 1.807) is 47.5 Å². The fraction of sp³-hybridized carbons (Fsp3) is 0.200. The summed E-state index contributed by atoms with van der Waals surface area (Å²) in [6.07, 6.45) is 4.86. The zero-order valence-corrected chi connectivity index (χ0v) is 29.3. The number of rotatable bonds is 12. The molecular weight excluding hydrogens is 695 g/mol. The van der Waals surface area contributed by atoms with Gasteiger partial charge in [-0.1, -0.05) is 53.5 Å². The molecule has 0 unspecified atom stereocenters. The molecule has 1 fully saturated rings. The summed E-state index contributed by atoms with van der Waals surface area (Å²) in [6.45, 7) is 5.24. The molecule has 0 N–H and O–H groups in total. The minimum absolute atomic E-state index is 0.0465. The van der Waals surface area contributed by atoms with Crippen molar-refractivity contribution in [1.82, 2.24) is 14.8 Å². The molecule has 0 radical (unpaired) electrons. The third-order valence-corrected chi connectivity index (χ3v) is 9.00. The first-order chi connectivity index (χ1) is 24.7. The van der Waals surface area contributed by atoms with Crippen LogP contribution in [0.2, 0.25) is 10.0 Å². The van der Waals surface area contributed by atoms with Crippen LogP contribution in [0.25, 0.3) is 6.08 Å². The van der Waals surface area contributed by atoms with E-state index in [9.17, 15) is 13.6 Å². The lowest BCUT2D eigenvalue weighted by Crippen LogP contribution is -2.47. The van der Waals surface area contributed by atoms with E-state index in [-0.39, 0.29) is 24.1 Å². The number of halogens is 4. The molecule has 11 heteroatoms. The largest absolute Gasteiger partial charge is 0.489 e. The number of nitrogens with zero attached hydrogens (tertiary/aromatic N) is 3. The Morgan fingerprint density at radius 3 is 2.25 bits per heavy atom. The molecule has 51 heavy (non-hydrogen) atoms. The van der Waals surface area contributed by atoms with Crippen molar-refractivity contribution in [3.8, 4) is 23.1 Å². The van der Waals surface area contributed by atoms with Crippen molar-refractivity contribution >= 4 is 35.2 Å². The molecule has 0 bridgehead atoms. The molecule has 1 aromatic heterocycles. The van der Waals surface area contributed by atoms with Gasteiger partial charge in [-0.15, -0.1) is 0 Å². The van der Waals surface area contributed by atoms with Gasteiger partial charge in [0.15, 0.2) is 5.75 Å². The molecule has 262 valence electrons. The van der Waals surface area contributed by atoms with E-state index in [0.717, 1.165) is 22.3 Å². The smallest absolute Gasteiger partial charge is 0.246 e. The number of hydrogen-bond acceptors (Lipinski definition) is 6. The number of pyridine rings is 1. The zero-order valence-electron chi connectivity index (χ0n) is 27.8. The Hall–Kier alpha value is -4.96. The van der Waals surface area contributed by atoms with Gasteiger partial charge in [0.05, 0.1) is 11.2 Å². The Labute approximate surface area is 305 Å². The number of aromatic nitrogens is 1. The van der Waals surface area contributed by atoms with Gasteiger partial charge in [-0.05, 0) is 84.3 Å². The third-order valence-electron chi connectivity index (χ3n) is 8.35. The number of carbonyl (C=O) groups is 1. The standard InChI is InChI=1S/C40H35Cl2F2N3O4/c1-27-20-28(21-36(42)40(27)51-38-14-13-34(23-45-38)50-25-30-4-2-3-5-35(30)41)7-15-39(48)47-18-16-46(17-19-47)24-29-6-8-31(37(44)22-29)26-49-33-11-9-32(43)10-12-33/h2-15,20-23H,16-19,24-26H2,1H3. The Balaban J connectivity index is 0.961. The van der Waals surface area contributed by atoms with Crippen LogP contribution in [-0.2, 0) is 24.6 Å². The second kappa shape index (κ2) is 16.8. The molecule has 1 aliphatic rings. The monoisotopic (exact) mass is 729 g/mol. The van der Waals surface area contributed by atoms with Crippen LogP contribution in [0.1, 0.15) is 27.8 Å². The van der Waals surface area contributed by atoms with Gasteiger partial charge in [0.2, 0.25) is 11.8 Å². The molecule has 5 aromatic rings. The lowest BCUT2D eigenvalue weighted by Gasteiger charge is -2.34. The SMILES string of the molecule is Cc1cc(C=CC(=O)N2CCN(Cc3ccc(COc4ccc(F)cc4)c(F)c3)CC2)cc(Cl)c1Oc1ccc(OCc2ccccc2Cl)cn1. The van der Waals surface area contributed by atoms with Crippen molar-refractivity contribution in [1.29, 1.82) is 0 Å². The van der Waals surface area contributed by atoms with Crippen LogP contribution in [0, 0.1) is 18.6 Å². The van der Waals surface area contributed by atoms with Crippen LogP contribution >= 0.6 is 23.2 Å². The van der Waals surface area contributed by atoms with E-state index in [1.165, 1.54) is 30.3 Å². The number of aryl methyl sites for hydroxylation is 1. The first kappa shape index (κ1) is 35.9. The highest BCUT2D eigenvalue weighted by Gasteiger charge is 2.20. The zero-order chi connectivity index (χ0) is 35.7. The fourth-order valence-electron chi connectivity index (χ4n) is 5.53. The van der Waals surface area contributed by atoms with Crippen LogP contribution in [0.4, 0.5) is 8.78 Å². The Morgan fingerprint density at radius 1 is 0.824 bits per heavy atom. The molecule has 7 nitrogen and oxygen atoms in total. The highest BCUT2D eigenvalue weighted by molar-refractivity contribution is 6.32. The summed E-state index contributed by atoms with van der Waals surface area (Å²) in [5, 5.41) is 1.03. The number of piperazine rings is 1. The predicted octanol–water partition coefficient (Wildman–Crippen LogP) is 9.28. The molecule has 1 saturated heterocycles. The van der Waals surface area contributed by atoms with E-state index in [1.807, 2.05) is 43.3 Å². The maximum atomic E-state index is 14.8. The lowest BCUT2D eigenvalue weighted by molar-refractivity contribution is -0.127. The molecule has 6 rings (SSSR count). The summed E-state index contributed by atoms with van der Waals surface area (Å²) in [5.41, 5.74) is 3.68. The summed E-state index contributed by atoms with van der Waals surface area (Å²) in [5.74, 6) is 1.07. The molecule has 0 saturated carbocycles. The Bertz CT molecular complexity index is 1980. The van der Waals surface area contributed by atoms with Gasteiger partial charge in [-0.2, -0.15) is 0 Å². The quantitative estimate of drug-likeness (QED) is 0.119. The van der Waals surface area contributed by atoms with E-state index < -0.39 is 0 Å². The minimum atomic E-state index is -0.357. The number of carbonyl (C=O) groups excluding carboxylic acids is 1. The van der Waals surface area contributed by atoms with E-state index in [4.69, 9.17) is 37.4 Å². The predicted molar refractivity (Wildman–Crippen MR) is 194 cm³/mol. The van der Waals surface area contributed by atoms with Gasteiger partial charge >= 0.3 is 0 Å². The van der Waals surface area contributed by atoms with Gasteiger partial charge in [0, 0.05) is 61.0 Å². The Morgan fingerprint density at radius 2 is 1.55 bits per heavy atom. The molecule has 0 aliphatic carbocycles. The maximum absolute atomic E-state index is 14.8. The highest BCUT2D eigenvalue weighted by Crippen LogP contribution is 2.34. The number of amides is 1. The summed E-state index contributed by atoms with van der Waals surface area (Å²) >= 11 is 12.8. The van der Waals surface area contributed by atoms with Crippen LogP contribution in [0.15, 0.2) is 103 Å². The normalized spacial score (nSPS) is 13.4. The average Bonchev–Trinajstić information content (AvgIpc) is 3.13. The van der Waals surface area contributed by atoms with Crippen molar-refractivity contribution in [2.45, 2.75) is 26.7 Å². The van der Waals surface area contributed by atoms with E-state index in [0.29, 0.717) is 78.1 Å². The second-order valence-corrected chi connectivity index (χ2v) is 12.9. The number of hydrogen-bond donors (Lipinski definition) is 0. The van der Waals surface area contributed by atoms with Crippen molar-refractivity contribution < 1.29 is 27.8 Å². The topological polar surface area (TPSA) is 64.1 Å². The maximum Gasteiger partial charge on any atom is 0.246 e. The average molecular weight is 731 g/mol. The van der Waals surface area contributed by atoms with Gasteiger partial charge in [-0.3, -0.25) is 9.69 Å². The van der Waals surface area contributed by atoms with Gasteiger partial charge in [0.25, 0.3) is 0 Å². The molecule has 0 spiro atoms. The second-order valence-electron chi connectivity index (χ2n) is 12.1. The van der Waals surface area contributed by atoms with Crippen molar-refractivity contribution in [2.24, 2.45) is 0 Å². The summed E-state index contributed by atoms with van der Waals surface area (Å²) < 4.78 is 45.2. The number of ether oxygens (including phenoxy) is 3. The molecular formula is C40H35Cl2F2N3O4. The molecule has 0 atom stereocenters. The van der Waals surface area contributed by atoms with E-state index >= 15 is 0 Å². The molecule has 2 heterocycles. The third kappa shape index (κ3) is 9.85. The molecule has 1 amide bonds. The summed E-state index contributed by atoms with van der Waals surface area (Å²) in [6, 6.07) is 25.3. The first-order valence-corrected chi connectivity index (χ1v) is 17.1. The molecule has 4 aromatic carbocycles. The summed E-state index contributed by atoms with van der Waals surface area (Å²) in [4.78, 5) is 21.3. The highest BCUT2D eigenvalue weighted by atomic mass is 35.5. The van der Waals surface area contributed by atoms with Crippen LogP contribution in [0.3, 0.4) is 0 Å². The minimum Gasteiger partial charge on any atom is -0.489 e. The fourth-order valence-corrected chi connectivity index (χ4v) is 6.04. The van der Waals surface area contributed by atoms with E-state index in [2.05, 4.69) is 9.88 Å².